The highest BCUT2D eigenvalue weighted by Gasteiger charge is 2.22. The number of benzene rings is 1. The lowest BCUT2D eigenvalue weighted by Crippen LogP contribution is -2.39. The van der Waals surface area contributed by atoms with Gasteiger partial charge < -0.3 is 24.4 Å². The molecule has 0 radical (unpaired) electrons. The van der Waals surface area contributed by atoms with Gasteiger partial charge in [-0.25, -0.2) is 9.78 Å². The maximum absolute atomic E-state index is 12.9. The predicted molar refractivity (Wildman–Crippen MR) is 125 cm³/mol. The normalized spacial score (nSPS) is 13.4. The largest absolute Gasteiger partial charge is 0.493 e. The molecule has 1 aliphatic heterocycles. The molecule has 2 aromatic heterocycles. The first-order chi connectivity index (χ1) is 15.9. The Labute approximate surface area is 193 Å². The number of aromatic nitrogens is 3. The van der Waals surface area contributed by atoms with E-state index in [0.29, 0.717) is 32.8 Å². The van der Waals surface area contributed by atoms with Gasteiger partial charge in [0.25, 0.3) is 5.56 Å². The molecule has 0 saturated carbocycles. The predicted octanol–water partition coefficient (Wildman–Crippen LogP) is 1.42. The number of hydrogen-bond donors (Lipinski definition) is 1. The SMILES string of the molecule is COc1cc(NC(=O)Cn2c(=O)n(C)c(=O)c3sc(N4CCCC4)nc32)cc(OC)c1OC. The number of nitrogens with one attached hydrogen (secondary N) is 1. The maximum atomic E-state index is 12.9. The first-order valence-electron chi connectivity index (χ1n) is 10.3. The van der Waals surface area contributed by atoms with Crippen molar-refractivity contribution in [1.29, 1.82) is 0 Å². The lowest BCUT2D eigenvalue weighted by Gasteiger charge is -2.15. The number of methoxy groups -OCH3 is 3. The van der Waals surface area contributed by atoms with Crippen LogP contribution >= 0.6 is 11.3 Å². The highest BCUT2D eigenvalue weighted by atomic mass is 32.1. The van der Waals surface area contributed by atoms with Crippen LogP contribution in [0.2, 0.25) is 0 Å². The van der Waals surface area contributed by atoms with Gasteiger partial charge in [-0.05, 0) is 12.8 Å². The molecule has 3 aromatic rings. The van der Waals surface area contributed by atoms with Gasteiger partial charge in [0.2, 0.25) is 11.7 Å². The maximum Gasteiger partial charge on any atom is 0.332 e. The van der Waals surface area contributed by atoms with Crippen LogP contribution in [-0.2, 0) is 18.4 Å². The van der Waals surface area contributed by atoms with Crippen LogP contribution in [0.4, 0.5) is 10.8 Å². The number of nitrogens with zero attached hydrogens (tertiary/aromatic N) is 4. The van der Waals surface area contributed by atoms with Crippen molar-refractivity contribution in [3.8, 4) is 17.2 Å². The van der Waals surface area contributed by atoms with Crippen molar-refractivity contribution in [3.63, 3.8) is 0 Å². The van der Waals surface area contributed by atoms with Crippen LogP contribution in [0.5, 0.6) is 17.2 Å². The van der Waals surface area contributed by atoms with Crippen molar-refractivity contribution >= 4 is 38.4 Å². The number of carbonyl (C=O) groups excluding carboxylic acids is 1. The molecule has 1 amide bonds. The van der Waals surface area contributed by atoms with Crippen molar-refractivity contribution in [1.82, 2.24) is 14.1 Å². The van der Waals surface area contributed by atoms with Crippen molar-refractivity contribution in [2.24, 2.45) is 7.05 Å². The third kappa shape index (κ3) is 4.13. The molecule has 0 unspecified atom stereocenters. The fourth-order valence-electron chi connectivity index (χ4n) is 3.82. The summed E-state index contributed by atoms with van der Waals surface area (Å²) in [5.41, 5.74) is -0.403. The molecule has 0 bridgehead atoms. The Bertz CT molecular complexity index is 1300. The fraction of sp³-hybridized carbons (Fsp3) is 0.429. The lowest BCUT2D eigenvalue weighted by molar-refractivity contribution is -0.116. The zero-order valence-corrected chi connectivity index (χ0v) is 19.7. The standard InChI is InChI=1S/C21H25N5O6S/c1-24-19(28)17-18(23-20(33-17)25-7-5-6-8-25)26(21(24)29)11-15(27)22-12-9-13(30-2)16(32-4)14(10-12)31-3/h9-10H,5-8,11H2,1-4H3,(H,22,27). The topological polar surface area (TPSA) is 117 Å². The number of carbonyl (C=O) groups is 1. The number of fused-ring (bicyclic) bond motifs is 1. The molecular formula is C21H25N5O6S. The summed E-state index contributed by atoms with van der Waals surface area (Å²) in [5, 5.41) is 3.43. The van der Waals surface area contributed by atoms with Gasteiger partial charge in [-0.2, -0.15) is 0 Å². The molecule has 33 heavy (non-hydrogen) atoms. The van der Waals surface area contributed by atoms with E-state index in [2.05, 4.69) is 15.2 Å². The van der Waals surface area contributed by atoms with Gasteiger partial charge in [-0.1, -0.05) is 11.3 Å². The van der Waals surface area contributed by atoms with Gasteiger partial charge in [0, 0.05) is 38.0 Å². The van der Waals surface area contributed by atoms with Crippen LogP contribution in [-0.4, -0.2) is 54.4 Å². The third-order valence-electron chi connectivity index (χ3n) is 5.50. The van der Waals surface area contributed by atoms with Crippen molar-refractivity contribution in [3.05, 3.63) is 33.0 Å². The van der Waals surface area contributed by atoms with Crippen LogP contribution in [0, 0.1) is 0 Å². The summed E-state index contributed by atoms with van der Waals surface area (Å²) in [7, 11) is 5.83. The number of ether oxygens (including phenoxy) is 3. The van der Waals surface area contributed by atoms with Gasteiger partial charge in [0.1, 0.15) is 11.2 Å². The molecule has 1 aromatic carbocycles. The first-order valence-corrected chi connectivity index (χ1v) is 11.1. The summed E-state index contributed by atoms with van der Waals surface area (Å²) < 4.78 is 18.5. The van der Waals surface area contributed by atoms with E-state index in [1.165, 1.54) is 44.3 Å². The van der Waals surface area contributed by atoms with Gasteiger partial charge >= 0.3 is 5.69 Å². The zero-order valence-electron chi connectivity index (χ0n) is 18.8. The zero-order chi connectivity index (χ0) is 23.7. The smallest absolute Gasteiger partial charge is 0.332 e. The number of thiazole rings is 1. The molecule has 1 aliphatic rings. The van der Waals surface area contributed by atoms with Gasteiger partial charge in [0.15, 0.2) is 22.3 Å². The summed E-state index contributed by atoms with van der Waals surface area (Å²) in [6.07, 6.45) is 2.11. The summed E-state index contributed by atoms with van der Waals surface area (Å²) in [6, 6.07) is 3.18. The van der Waals surface area contributed by atoms with E-state index in [-0.39, 0.29) is 12.2 Å². The van der Waals surface area contributed by atoms with E-state index >= 15 is 0 Å². The Hall–Kier alpha value is -3.54. The first kappa shape index (κ1) is 22.6. The monoisotopic (exact) mass is 475 g/mol. The van der Waals surface area contributed by atoms with E-state index in [1.54, 1.807) is 12.1 Å². The minimum atomic E-state index is -0.606. The Balaban J connectivity index is 1.68. The Kier molecular flexibility index (Phi) is 6.27. The van der Waals surface area contributed by atoms with E-state index < -0.39 is 17.2 Å². The second-order valence-electron chi connectivity index (χ2n) is 7.54. The van der Waals surface area contributed by atoms with Crippen molar-refractivity contribution in [2.45, 2.75) is 19.4 Å². The van der Waals surface area contributed by atoms with Gasteiger partial charge in [-0.3, -0.25) is 18.7 Å². The minimum absolute atomic E-state index is 0.218. The van der Waals surface area contributed by atoms with Gasteiger partial charge in [0.05, 0.1) is 21.3 Å². The molecule has 0 atom stereocenters. The molecule has 176 valence electrons. The molecule has 12 heteroatoms. The van der Waals surface area contributed by atoms with E-state index in [9.17, 15) is 14.4 Å². The Morgan fingerprint density at radius 2 is 1.73 bits per heavy atom. The molecule has 1 N–H and O–H groups in total. The minimum Gasteiger partial charge on any atom is -0.493 e. The average molecular weight is 476 g/mol. The van der Waals surface area contributed by atoms with E-state index in [4.69, 9.17) is 14.2 Å². The summed E-state index contributed by atoms with van der Waals surface area (Å²) in [5.74, 6) is 0.681. The summed E-state index contributed by atoms with van der Waals surface area (Å²) in [6.45, 7) is 1.39. The van der Waals surface area contributed by atoms with Gasteiger partial charge in [-0.15, -0.1) is 0 Å². The Morgan fingerprint density at radius 1 is 1.09 bits per heavy atom. The molecule has 0 spiro atoms. The molecule has 4 rings (SSSR count). The summed E-state index contributed by atoms with van der Waals surface area (Å²) in [4.78, 5) is 45.0. The van der Waals surface area contributed by atoms with Crippen LogP contribution in [0.3, 0.4) is 0 Å². The van der Waals surface area contributed by atoms with Crippen molar-refractivity contribution < 1.29 is 19.0 Å². The molecule has 11 nitrogen and oxygen atoms in total. The van der Waals surface area contributed by atoms with E-state index in [0.717, 1.165) is 30.5 Å². The molecule has 0 aliphatic carbocycles. The van der Waals surface area contributed by atoms with Crippen LogP contribution in [0.15, 0.2) is 21.7 Å². The van der Waals surface area contributed by atoms with Crippen LogP contribution < -0.4 is 35.7 Å². The fourth-order valence-corrected chi connectivity index (χ4v) is 4.92. The van der Waals surface area contributed by atoms with Crippen LogP contribution in [0.1, 0.15) is 12.8 Å². The van der Waals surface area contributed by atoms with E-state index in [1.807, 2.05) is 0 Å². The summed E-state index contributed by atoms with van der Waals surface area (Å²) >= 11 is 1.25. The lowest BCUT2D eigenvalue weighted by atomic mass is 10.2. The Morgan fingerprint density at radius 3 is 2.30 bits per heavy atom. The second kappa shape index (κ2) is 9.14. The quantitative estimate of drug-likeness (QED) is 0.545. The van der Waals surface area contributed by atoms with Crippen molar-refractivity contribution in [2.75, 3.05) is 44.6 Å². The second-order valence-corrected chi connectivity index (χ2v) is 8.52. The molecular weight excluding hydrogens is 450 g/mol. The highest BCUT2D eigenvalue weighted by Crippen LogP contribution is 2.40. The molecule has 1 saturated heterocycles. The molecule has 1 fully saturated rings. The number of anilines is 2. The third-order valence-corrected chi connectivity index (χ3v) is 6.59. The highest BCUT2D eigenvalue weighted by molar-refractivity contribution is 7.22. The number of hydrogen-bond acceptors (Lipinski definition) is 9. The molecule has 3 heterocycles. The number of amides is 1. The number of rotatable bonds is 7. The average Bonchev–Trinajstić information content (AvgIpc) is 3.50. The van der Waals surface area contributed by atoms with Crippen LogP contribution in [0.25, 0.3) is 10.3 Å².